The number of likely N-dealkylation sites (tertiary alicyclic amines) is 1. The lowest BCUT2D eigenvalue weighted by atomic mass is 9.94. The molecule has 2 saturated carbocycles. The second-order valence-corrected chi connectivity index (χ2v) is 6.63. The van der Waals surface area contributed by atoms with Gasteiger partial charge in [-0.1, -0.05) is 0 Å². The Hall–Kier alpha value is -1.06. The van der Waals surface area contributed by atoms with Gasteiger partial charge in [-0.15, -0.1) is 0 Å². The summed E-state index contributed by atoms with van der Waals surface area (Å²) in [6.07, 6.45) is 5.74. The van der Waals surface area contributed by atoms with Crippen LogP contribution in [0.15, 0.2) is 0 Å². The van der Waals surface area contributed by atoms with Gasteiger partial charge in [0.2, 0.25) is 11.8 Å². The average molecular weight is 264 g/mol. The van der Waals surface area contributed by atoms with Gasteiger partial charge in [0, 0.05) is 32.5 Å². The molecule has 3 aliphatic rings. The van der Waals surface area contributed by atoms with Gasteiger partial charge in [0.15, 0.2) is 0 Å². The molecule has 2 unspecified atom stereocenters. The van der Waals surface area contributed by atoms with Crippen molar-refractivity contribution in [1.29, 1.82) is 0 Å². The molecule has 1 saturated heterocycles. The summed E-state index contributed by atoms with van der Waals surface area (Å²) in [5.41, 5.74) is 0. The molecule has 2 aliphatic carbocycles. The van der Waals surface area contributed by atoms with E-state index in [2.05, 4.69) is 10.2 Å². The van der Waals surface area contributed by atoms with Gasteiger partial charge in [0.25, 0.3) is 0 Å². The zero-order chi connectivity index (χ0) is 13.4. The standard InChI is InChI=1S/C15H24N2O2/c1-10(18)16-9-11-2-4-17(5-3-11)15(19)14-7-12-6-13(12)8-14/h11-14H,2-9H2,1H3,(H,16,18). The van der Waals surface area contributed by atoms with E-state index < -0.39 is 0 Å². The van der Waals surface area contributed by atoms with Gasteiger partial charge in [-0.05, 0) is 49.9 Å². The van der Waals surface area contributed by atoms with Crippen LogP contribution >= 0.6 is 0 Å². The largest absolute Gasteiger partial charge is 0.356 e. The lowest BCUT2D eigenvalue weighted by Crippen LogP contribution is -2.43. The maximum absolute atomic E-state index is 12.4. The van der Waals surface area contributed by atoms with Crippen LogP contribution in [0.4, 0.5) is 0 Å². The highest BCUT2D eigenvalue weighted by atomic mass is 16.2. The number of carbonyl (C=O) groups excluding carboxylic acids is 2. The molecular formula is C15H24N2O2. The summed E-state index contributed by atoms with van der Waals surface area (Å²) >= 11 is 0. The van der Waals surface area contributed by atoms with E-state index >= 15 is 0 Å². The maximum atomic E-state index is 12.4. The van der Waals surface area contributed by atoms with Crippen molar-refractivity contribution in [1.82, 2.24) is 10.2 Å². The molecule has 0 aromatic carbocycles. The van der Waals surface area contributed by atoms with Gasteiger partial charge in [0.1, 0.15) is 0 Å². The van der Waals surface area contributed by atoms with Crippen molar-refractivity contribution in [2.75, 3.05) is 19.6 Å². The molecule has 4 heteroatoms. The van der Waals surface area contributed by atoms with E-state index in [9.17, 15) is 9.59 Å². The van der Waals surface area contributed by atoms with Crippen LogP contribution in [-0.4, -0.2) is 36.3 Å². The first kappa shape index (κ1) is 12.9. The topological polar surface area (TPSA) is 49.4 Å². The van der Waals surface area contributed by atoms with Crippen LogP contribution in [-0.2, 0) is 9.59 Å². The molecule has 1 N–H and O–H groups in total. The zero-order valence-electron chi connectivity index (χ0n) is 11.7. The van der Waals surface area contributed by atoms with Crippen LogP contribution in [0.1, 0.15) is 39.0 Å². The first-order valence-corrected chi connectivity index (χ1v) is 7.66. The number of piperidine rings is 1. The molecule has 2 amide bonds. The first-order valence-electron chi connectivity index (χ1n) is 7.66. The van der Waals surface area contributed by atoms with Gasteiger partial charge in [-0.25, -0.2) is 0 Å². The van der Waals surface area contributed by atoms with Gasteiger partial charge in [-0.2, -0.15) is 0 Å². The summed E-state index contributed by atoms with van der Waals surface area (Å²) in [4.78, 5) is 25.4. The van der Waals surface area contributed by atoms with E-state index in [1.807, 2.05) is 0 Å². The molecule has 1 aliphatic heterocycles. The Balaban J connectivity index is 1.42. The van der Waals surface area contributed by atoms with Crippen LogP contribution in [0.3, 0.4) is 0 Å². The van der Waals surface area contributed by atoms with Crippen LogP contribution in [0, 0.1) is 23.7 Å². The second-order valence-electron chi connectivity index (χ2n) is 6.63. The molecule has 1 heterocycles. The number of carbonyl (C=O) groups is 2. The maximum Gasteiger partial charge on any atom is 0.225 e. The van der Waals surface area contributed by atoms with Crippen molar-refractivity contribution < 1.29 is 9.59 Å². The molecule has 0 aromatic rings. The molecule has 0 bridgehead atoms. The Morgan fingerprint density at radius 3 is 2.32 bits per heavy atom. The summed E-state index contributed by atoms with van der Waals surface area (Å²) in [5.74, 6) is 3.09. The third-order valence-electron chi connectivity index (χ3n) is 5.16. The number of hydrogen-bond acceptors (Lipinski definition) is 2. The molecule has 106 valence electrons. The van der Waals surface area contributed by atoms with E-state index in [1.165, 1.54) is 6.42 Å². The van der Waals surface area contributed by atoms with Crippen molar-refractivity contribution in [3.05, 3.63) is 0 Å². The highest BCUT2D eigenvalue weighted by Crippen LogP contribution is 2.54. The SMILES string of the molecule is CC(=O)NCC1CCN(C(=O)C2CC3CC3C2)CC1. The number of nitrogens with one attached hydrogen (secondary N) is 1. The Kier molecular flexibility index (Phi) is 3.50. The summed E-state index contributed by atoms with van der Waals surface area (Å²) < 4.78 is 0. The van der Waals surface area contributed by atoms with Crippen molar-refractivity contribution in [2.24, 2.45) is 23.7 Å². The predicted molar refractivity (Wildman–Crippen MR) is 72.3 cm³/mol. The van der Waals surface area contributed by atoms with E-state index in [0.29, 0.717) is 17.7 Å². The average Bonchev–Trinajstić information content (AvgIpc) is 3.03. The number of fused-ring (bicyclic) bond motifs is 1. The van der Waals surface area contributed by atoms with Crippen molar-refractivity contribution >= 4 is 11.8 Å². The Labute approximate surface area is 114 Å². The molecule has 0 aromatic heterocycles. The van der Waals surface area contributed by atoms with E-state index in [0.717, 1.165) is 57.2 Å². The fraction of sp³-hybridized carbons (Fsp3) is 0.867. The molecule has 19 heavy (non-hydrogen) atoms. The third kappa shape index (κ3) is 2.93. The Morgan fingerprint density at radius 2 is 1.74 bits per heavy atom. The molecular weight excluding hydrogens is 240 g/mol. The number of amides is 2. The van der Waals surface area contributed by atoms with Gasteiger partial charge >= 0.3 is 0 Å². The van der Waals surface area contributed by atoms with Gasteiger partial charge < -0.3 is 10.2 Å². The van der Waals surface area contributed by atoms with E-state index in [1.54, 1.807) is 6.92 Å². The Morgan fingerprint density at radius 1 is 1.11 bits per heavy atom. The Bertz CT molecular complexity index is 364. The fourth-order valence-corrected chi connectivity index (χ4v) is 3.82. The predicted octanol–water partition coefficient (Wildman–Crippen LogP) is 1.41. The normalized spacial score (nSPS) is 33.9. The fourth-order valence-electron chi connectivity index (χ4n) is 3.82. The number of rotatable bonds is 3. The number of nitrogens with zero attached hydrogens (tertiary/aromatic N) is 1. The molecule has 3 fully saturated rings. The minimum absolute atomic E-state index is 0.0451. The monoisotopic (exact) mass is 264 g/mol. The lowest BCUT2D eigenvalue weighted by molar-refractivity contribution is -0.137. The number of hydrogen-bond donors (Lipinski definition) is 1. The van der Waals surface area contributed by atoms with E-state index in [-0.39, 0.29) is 5.91 Å². The highest BCUT2D eigenvalue weighted by Gasteiger charge is 2.48. The molecule has 4 nitrogen and oxygen atoms in total. The van der Waals surface area contributed by atoms with Crippen molar-refractivity contribution in [3.8, 4) is 0 Å². The zero-order valence-corrected chi connectivity index (χ0v) is 11.7. The smallest absolute Gasteiger partial charge is 0.225 e. The summed E-state index contributed by atoms with van der Waals surface area (Å²) in [7, 11) is 0. The van der Waals surface area contributed by atoms with E-state index in [4.69, 9.17) is 0 Å². The van der Waals surface area contributed by atoms with Crippen molar-refractivity contribution in [2.45, 2.75) is 39.0 Å². The third-order valence-corrected chi connectivity index (χ3v) is 5.16. The van der Waals surface area contributed by atoms with Crippen LogP contribution in [0.25, 0.3) is 0 Å². The minimum Gasteiger partial charge on any atom is -0.356 e. The van der Waals surface area contributed by atoms with Crippen LogP contribution < -0.4 is 5.32 Å². The highest BCUT2D eigenvalue weighted by molar-refractivity contribution is 5.79. The van der Waals surface area contributed by atoms with Crippen molar-refractivity contribution in [3.63, 3.8) is 0 Å². The molecule has 0 spiro atoms. The summed E-state index contributed by atoms with van der Waals surface area (Å²) in [6, 6.07) is 0. The van der Waals surface area contributed by atoms with Crippen LogP contribution in [0.2, 0.25) is 0 Å². The molecule has 3 rings (SSSR count). The minimum atomic E-state index is 0.0451. The van der Waals surface area contributed by atoms with Gasteiger partial charge in [0.05, 0.1) is 0 Å². The second kappa shape index (κ2) is 5.14. The first-order chi connectivity index (χ1) is 9.13. The lowest BCUT2D eigenvalue weighted by Gasteiger charge is -2.33. The summed E-state index contributed by atoms with van der Waals surface area (Å²) in [5, 5.41) is 2.88. The van der Waals surface area contributed by atoms with Gasteiger partial charge in [-0.3, -0.25) is 9.59 Å². The molecule has 0 radical (unpaired) electrons. The summed E-state index contributed by atoms with van der Waals surface area (Å²) in [6.45, 7) is 4.10. The quantitative estimate of drug-likeness (QED) is 0.838. The van der Waals surface area contributed by atoms with Crippen LogP contribution in [0.5, 0.6) is 0 Å². The molecule has 2 atom stereocenters.